The van der Waals surface area contributed by atoms with Gasteiger partial charge in [0.2, 0.25) is 5.84 Å². The molecule has 1 aliphatic heterocycles. The van der Waals surface area contributed by atoms with Gasteiger partial charge in [-0.15, -0.1) is 11.3 Å². The third-order valence-corrected chi connectivity index (χ3v) is 4.99. The minimum atomic E-state index is -0.411. The molecule has 7 nitrogen and oxygen atoms in total. The Kier molecular flexibility index (Phi) is 4.86. The molecule has 140 valence electrons. The molecule has 0 saturated heterocycles. The lowest BCUT2D eigenvalue weighted by molar-refractivity contribution is -0.118. The predicted molar refractivity (Wildman–Crippen MR) is 110 cm³/mol. The first kappa shape index (κ1) is 17.9. The molecule has 1 aliphatic rings. The second-order valence-electron chi connectivity index (χ2n) is 6.21. The number of nitrogens with one attached hydrogen (secondary N) is 2. The standard InChI is InChI=1S/C20H17N5O2S/c1-13-2-8-16(9-3-13)25-17(26)12-22-18(24-25)19(27)23-15-6-4-14(5-7-15)20-21-10-11-28-20/h2-11H,12H2,1H3,(H,22,24)(H,23,27). The number of amidine groups is 1. The van der Waals surface area contributed by atoms with Crippen LogP contribution in [0.1, 0.15) is 5.56 Å². The summed E-state index contributed by atoms with van der Waals surface area (Å²) in [4.78, 5) is 33.1. The van der Waals surface area contributed by atoms with Crippen LogP contribution in [0.25, 0.3) is 10.6 Å². The van der Waals surface area contributed by atoms with E-state index in [-0.39, 0.29) is 18.3 Å². The second kappa shape index (κ2) is 7.61. The molecule has 2 amide bonds. The van der Waals surface area contributed by atoms with Crippen molar-refractivity contribution in [2.24, 2.45) is 4.99 Å². The number of aromatic nitrogens is 1. The van der Waals surface area contributed by atoms with Crippen molar-refractivity contribution in [3.63, 3.8) is 0 Å². The Balaban J connectivity index is 1.45. The van der Waals surface area contributed by atoms with Gasteiger partial charge in [-0.3, -0.25) is 20.0 Å². The number of hydrazine groups is 1. The normalized spacial score (nSPS) is 13.7. The molecule has 4 rings (SSSR count). The summed E-state index contributed by atoms with van der Waals surface area (Å²) in [5.74, 6) is -0.552. The maximum Gasteiger partial charge on any atom is 0.292 e. The fourth-order valence-electron chi connectivity index (χ4n) is 2.70. The van der Waals surface area contributed by atoms with Gasteiger partial charge in [-0.2, -0.15) is 0 Å². The van der Waals surface area contributed by atoms with Crippen LogP contribution in [0.4, 0.5) is 11.4 Å². The van der Waals surface area contributed by atoms with Crippen molar-refractivity contribution in [1.82, 2.24) is 10.4 Å². The highest BCUT2D eigenvalue weighted by Gasteiger charge is 2.25. The zero-order valence-corrected chi connectivity index (χ0v) is 15.9. The summed E-state index contributed by atoms with van der Waals surface area (Å²) < 4.78 is 0. The number of aryl methyl sites for hydroxylation is 1. The molecular weight excluding hydrogens is 374 g/mol. The van der Waals surface area contributed by atoms with Crippen LogP contribution < -0.4 is 15.8 Å². The molecule has 0 atom stereocenters. The van der Waals surface area contributed by atoms with E-state index in [0.29, 0.717) is 11.4 Å². The molecule has 3 aromatic rings. The van der Waals surface area contributed by atoms with Crippen molar-refractivity contribution in [1.29, 1.82) is 0 Å². The summed E-state index contributed by atoms with van der Waals surface area (Å²) in [5, 5.41) is 6.97. The first-order chi connectivity index (χ1) is 13.6. The average Bonchev–Trinajstić information content (AvgIpc) is 3.24. The topological polar surface area (TPSA) is 86.7 Å². The predicted octanol–water partition coefficient (Wildman–Crippen LogP) is 3.01. The Bertz CT molecular complexity index is 1030. The fourth-order valence-corrected chi connectivity index (χ4v) is 3.34. The molecule has 0 bridgehead atoms. The molecule has 2 heterocycles. The van der Waals surface area contributed by atoms with Gasteiger partial charge in [-0.05, 0) is 43.3 Å². The largest absolute Gasteiger partial charge is 0.319 e. The van der Waals surface area contributed by atoms with Crippen molar-refractivity contribution in [2.75, 3.05) is 16.9 Å². The smallest absolute Gasteiger partial charge is 0.292 e. The number of nitrogens with zero attached hydrogens (tertiary/aromatic N) is 3. The van der Waals surface area contributed by atoms with Gasteiger partial charge < -0.3 is 5.32 Å². The Morgan fingerprint density at radius 3 is 2.57 bits per heavy atom. The quantitative estimate of drug-likeness (QED) is 0.716. The van der Waals surface area contributed by atoms with Crippen molar-refractivity contribution < 1.29 is 9.59 Å². The van der Waals surface area contributed by atoms with E-state index < -0.39 is 5.91 Å². The Morgan fingerprint density at radius 1 is 1.14 bits per heavy atom. The zero-order chi connectivity index (χ0) is 19.5. The summed E-state index contributed by atoms with van der Waals surface area (Å²) in [6.45, 7) is 1.88. The SMILES string of the molecule is Cc1ccc(N2NC(C(=O)Nc3ccc(-c4nccs4)cc3)=NCC2=O)cc1. The Morgan fingerprint density at radius 2 is 1.89 bits per heavy atom. The Labute approximate surface area is 165 Å². The lowest BCUT2D eigenvalue weighted by atomic mass is 10.2. The number of aliphatic imine (C=N–C) groups is 1. The average molecular weight is 391 g/mol. The minimum Gasteiger partial charge on any atom is -0.319 e. The summed E-state index contributed by atoms with van der Waals surface area (Å²) in [5.41, 5.74) is 6.16. The second-order valence-corrected chi connectivity index (χ2v) is 7.10. The van der Waals surface area contributed by atoms with E-state index in [1.807, 2.05) is 48.7 Å². The number of rotatable bonds is 4. The Hall–Kier alpha value is -3.52. The van der Waals surface area contributed by atoms with Crippen LogP contribution in [0.3, 0.4) is 0 Å². The van der Waals surface area contributed by atoms with Crippen LogP contribution >= 0.6 is 11.3 Å². The molecule has 2 N–H and O–H groups in total. The molecule has 28 heavy (non-hydrogen) atoms. The molecule has 0 fully saturated rings. The maximum absolute atomic E-state index is 12.6. The zero-order valence-electron chi connectivity index (χ0n) is 15.0. The lowest BCUT2D eigenvalue weighted by Crippen LogP contribution is -2.54. The van der Waals surface area contributed by atoms with Crippen LogP contribution in [-0.4, -0.2) is 29.2 Å². The number of carbonyl (C=O) groups is 2. The van der Waals surface area contributed by atoms with E-state index in [1.54, 1.807) is 29.7 Å². The third kappa shape index (κ3) is 3.77. The number of benzene rings is 2. The van der Waals surface area contributed by atoms with E-state index in [4.69, 9.17) is 0 Å². The molecule has 0 saturated carbocycles. The van der Waals surface area contributed by atoms with Gasteiger partial charge in [0, 0.05) is 22.8 Å². The molecule has 1 aromatic heterocycles. The summed E-state index contributed by atoms with van der Waals surface area (Å²) in [6, 6.07) is 14.8. The van der Waals surface area contributed by atoms with Crippen LogP contribution in [0.5, 0.6) is 0 Å². The van der Waals surface area contributed by atoms with E-state index >= 15 is 0 Å². The van der Waals surface area contributed by atoms with Crippen molar-refractivity contribution in [2.45, 2.75) is 6.92 Å². The van der Waals surface area contributed by atoms with E-state index in [1.165, 1.54) is 5.01 Å². The first-order valence-corrected chi connectivity index (χ1v) is 9.50. The molecule has 0 spiro atoms. The number of amides is 2. The summed E-state index contributed by atoms with van der Waals surface area (Å²) in [6.07, 6.45) is 1.75. The van der Waals surface area contributed by atoms with Gasteiger partial charge in [0.25, 0.3) is 11.8 Å². The van der Waals surface area contributed by atoms with Gasteiger partial charge in [-0.1, -0.05) is 17.7 Å². The molecule has 2 aromatic carbocycles. The van der Waals surface area contributed by atoms with Crippen LogP contribution in [0.2, 0.25) is 0 Å². The lowest BCUT2D eigenvalue weighted by Gasteiger charge is -2.27. The van der Waals surface area contributed by atoms with Gasteiger partial charge >= 0.3 is 0 Å². The highest BCUT2D eigenvalue weighted by Crippen LogP contribution is 2.23. The van der Waals surface area contributed by atoms with Gasteiger partial charge in [0.05, 0.1) is 5.69 Å². The van der Waals surface area contributed by atoms with E-state index in [2.05, 4.69) is 20.7 Å². The van der Waals surface area contributed by atoms with Crippen molar-refractivity contribution >= 4 is 40.4 Å². The van der Waals surface area contributed by atoms with E-state index in [9.17, 15) is 9.59 Å². The number of thiazole rings is 1. The number of carbonyl (C=O) groups excluding carboxylic acids is 2. The van der Waals surface area contributed by atoms with Crippen LogP contribution in [0, 0.1) is 6.92 Å². The van der Waals surface area contributed by atoms with Gasteiger partial charge in [0.15, 0.2) is 0 Å². The summed E-state index contributed by atoms with van der Waals surface area (Å²) >= 11 is 1.55. The van der Waals surface area contributed by atoms with Crippen molar-refractivity contribution in [3.8, 4) is 10.6 Å². The van der Waals surface area contributed by atoms with Gasteiger partial charge in [0.1, 0.15) is 11.6 Å². The maximum atomic E-state index is 12.6. The van der Waals surface area contributed by atoms with Crippen molar-refractivity contribution in [3.05, 3.63) is 65.7 Å². The highest BCUT2D eigenvalue weighted by atomic mass is 32.1. The monoisotopic (exact) mass is 391 g/mol. The van der Waals surface area contributed by atoms with Gasteiger partial charge in [-0.25, -0.2) is 9.99 Å². The van der Waals surface area contributed by atoms with Crippen LogP contribution in [-0.2, 0) is 9.59 Å². The minimum absolute atomic E-state index is 0.0872. The molecule has 8 heteroatoms. The first-order valence-electron chi connectivity index (χ1n) is 8.62. The molecule has 0 radical (unpaired) electrons. The number of hydrogen-bond acceptors (Lipinski definition) is 6. The van der Waals surface area contributed by atoms with Crippen LogP contribution in [0.15, 0.2) is 65.1 Å². The summed E-state index contributed by atoms with van der Waals surface area (Å²) in [7, 11) is 0. The highest BCUT2D eigenvalue weighted by molar-refractivity contribution is 7.13. The third-order valence-electron chi connectivity index (χ3n) is 4.17. The fraction of sp³-hybridized carbons (Fsp3) is 0.100. The molecular formula is C20H17N5O2S. The van der Waals surface area contributed by atoms with E-state index in [0.717, 1.165) is 16.1 Å². The molecule has 0 unspecified atom stereocenters. The number of hydrogen-bond donors (Lipinski definition) is 2. The molecule has 0 aliphatic carbocycles. The number of anilines is 2.